The molecule has 0 radical (unpaired) electrons. The minimum Gasteiger partial charge on any atom is -0.481 e. The second-order valence-corrected chi connectivity index (χ2v) is 5.90. The molecule has 2 aromatic heterocycles. The maximum Gasteiger partial charge on any atom is 0.215 e. The molecule has 0 spiro atoms. The molecule has 4 unspecified atom stereocenters. The number of aliphatic hydroxyl groups is 3. The van der Waals surface area contributed by atoms with E-state index in [-0.39, 0.29) is 28.3 Å². The average molecular weight is 353 g/mol. The van der Waals surface area contributed by atoms with Gasteiger partial charge in [-0.3, -0.25) is 16.1 Å². The van der Waals surface area contributed by atoms with Gasteiger partial charge in [-0.1, -0.05) is 0 Å². The summed E-state index contributed by atoms with van der Waals surface area (Å²) in [6.07, 6.45) is -0.789. The highest BCUT2D eigenvalue weighted by molar-refractivity contribution is 6.08. The third-order valence-corrected chi connectivity index (χ3v) is 4.35. The second kappa shape index (κ2) is 6.20. The van der Waals surface area contributed by atoms with Crippen LogP contribution >= 0.6 is 0 Å². The zero-order chi connectivity index (χ0) is 18.4. The summed E-state index contributed by atoms with van der Waals surface area (Å²) >= 11 is 0. The highest BCUT2D eigenvalue weighted by atomic mass is 16.6. The number of nitrogens with zero attached hydrogens (tertiary/aromatic N) is 3. The Morgan fingerprint density at radius 3 is 2.80 bits per heavy atom. The monoisotopic (exact) mass is 353 g/mol. The fourth-order valence-electron chi connectivity index (χ4n) is 3.02. The van der Waals surface area contributed by atoms with Crippen molar-refractivity contribution in [2.24, 2.45) is 0 Å². The van der Waals surface area contributed by atoms with Crippen LogP contribution < -0.4 is 5.48 Å². The molecule has 0 saturated carbocycles. The Balaban J connectivity index is 2.22. The van der Waals surface area contributed by atoms with E-state index in [9.17, 15) is 20.5 Å². The fraction of sp³-hybridized carbons (Fsp3) is 0.500. The summed E-state index contributed by atoms with van der Waals surface area (Å²) in [7, 11) is 1.31. The molecule has 11 nitrogen and oxygen atoms in total. The van der Waals surface area contributed by atoms with Gasteiger partial charge in [0.15, 0.2) is 12.0 Å². The number of fused-ring (bicyclic) bond motifs is 1. The van der Waals surface area contributed by atoms with Crippen LogP contribution in [-0.2, 0) is 9.47 Å². The van der Waals surface area contributed by atoms with Crippen molar-refractivity contribution in [3.05, 3.63) is 18.1 Å². The van der Waals surface area contributed by atoms with Gasteiger partial charge in [-0.2, -0.15) is 0 Å². The molecule has 0 aliphatic carbocycles. The van der Waals surface area contributed by atoms with Gasteiger partial charge in [-0.05, 0) is 6.92 Å². The van der Waals surface area contributed by atoms with Crippen molar-refractivity contribution in [1.82, 2.24) is 14.5 Å². The van der Waals surface area contributed by atoms with Crippen LogP contribution in [0.5, 0.6) is 0 Å². The predicted octanol–water partition coefficient (Wildman–Crippen LogP) is -0.794. The molecular weight excluding hydrogens is 334 g/mol. The van der Waals surface area contributed by atoms with E-state index >= 15 is 0 Å². The van der Waals surface area contributed by atoms with E-state index in [4.69, 9.17) is 14.9 Å². The van der Waals surface area contributed by atoms with Crippen LogP contribution in [0.1, 0.15) is 18.7 Å². The molecule has 1 saturated heterocycles. The maximum absolute atomic E-state index is 10.7. The Labute approximate surface area is 141 Å². The number of hydrogen-bond donors (Lipinski definition) is 6. The lowest BCUT2D eigenvalue weighted by Crippen LogP contribution is -2.44. The van der Waals surface area contributed by atoms with Crippen LogP contribution in [0, 0.1) is 5.41 Å². The molecule has 1 aliphatic heterocycles. The van der Waals surface area contributed by atoms with Crippen molar-refractivity contribution in [3.63, 3.8) is 0 Å². The number of rotatable bonds is 4. The van der Waals surface area contributed by atoms with Gasteiger partial charge in [0.1, 0.15) is 29.8 Å². The summed E-state index contributed by atoms with van der Waals surface area (Å²) in [5.41, 5.74) is 0.683. The van der Waals surface area contributed by atoms with Crippen molar-refractivity contribution in [2.45, 2.75) is 31.0 Å². The van der Waals surface area contributed by atoms with Gasteiger partial charge >= 0.3 is 0 Å². The highest BCUT2D eigenvalue weighted by Crippen LogP contribution is 2.41. The van der Waals surface area contributed by atoms with Crippen molar-refractivity contribution >= 4 is 22.7 Å². The number of hydrogen-bond acceptors (Lipinski definition) is 10. The largest absolute Gasteiger partial charge is 0.481 e. The topological polar surface area (TPSA) is 166 Å². The van der Waals surface area contributed by atoms with E-state index in [2.05, 4.69) is 9.97 Å². The predicted molar refractivity (Wildman–Crippen MR) is 84.4 cm³/mol. The van der Waals surface area contributed by atoms with Gasteiger partial charge in [0.25, 0.3) is 0 Å². The Morgan fingerprint density at radius 1 is 1.52 bits per heavy atom. The first-order chi connectivity index (χ1) is 11.9. The second-order valence-electron chi connectivity index (χ2n) is 5.90. The Kier molecular flexibility index (Phi) is 4.34. The average Bonchev–Trinajstić information content (AvgIpc) is 3.10. The van der Waals surface area contributed by atoms with Gasteiger partial charge in [0, 0.05) is 6.20 Å². The van der Waals surface area contributed by atoms with Crippen LogP contribution in [0.4, 0.5) is 5.82 Å². The molecule has 136 valence electrons. The van der Waals surface area contributed by atoms with Gasteiger partial charge in [-0.25, -0.2) is 9.97 Å². The van der Waals surface area contributed by atoms with Crippen LogP contribution in [0.25, 0.3) is 11.0 Å². The van der Waals surface area contributed by atoms with E-state index in [0.717, 1.165) is 0 Å². The third kappa shape index (κ3) is 2.53. The molecule has 6 N–H and O–H groups in total. The zero-order valence-electron chi connectivity index (χ0n) is 13.5. The Morgan fingerprint density at radius 2 is 2.24 bits per heavy atom. The normalized spacial score (nSPS) is 29.1. The highest BCUT2D eigenvalue weighted by Gasteiger charge is 2.53. The number of methoxy groups -OCH3 is 1. The number of aromatic nitrogens is 3. The smallest absolute Gasteiger partial charge is 0.215 e. The van der Waals surface area contributed by atoms with Gasteiger partial charge in [-0.15, -0.1) is 0 Å². The standard InChI is InChI=1S/C14H19N5O6/c1-14(22)9(21)7(4-20)25-13(14)19-3-6(10(15)24-2)8-11(18-23)16-5-17-12(8)19/h3,5,7,9,13,15,20-23H,4H2,1-2H3,(H,16,17,18). The van der Waals surface area contributed by atoms with Crippen LogP contribution in [0.3, 0.4) is 0 Å². The molecule has 1 aliphatic rings. The molecule has 3 rings (SSSR count). The SMILES string of the molecule is COC(=N)c1cn(C2OC(CO)C(O)C2(C)O)c2ncnc(NO)c12. The zero-order valence-corrected chi connectivity index (χ0v) is 13.5. The Bertz CT molecular complexity index is 806. The summed E-state index contributed by atoms with van der Waals surface area (Å²) in [5, 5.41) is 47.7. The van der Waals surface area contributed by atoms with Gasteiger partial charge in [0.05, 0.1) is 24.7 Å². The van der Waals surface area contributed by atoms with Gasteiger partial charge in [0.2, 0.25) is 5.90 Å². The molecule has 25 heavy (non-hydrogen) atoms. The van der Waals surface area contributed by atoms with Crippen LogP contribution in [0.15, 0.2) is 12.5 Å². The molecule has 0 amide bonds. The number of anilines is 1. The summed E-state index contributed by atoms with van der Waals surface area (Å²) in [6.45, 7) is 0.893. The van der Waals surface area contributed by atoms with Gasteiger partial charge < -0.3 is 29.4 Å². The van der Waals surface area contributed by atoms with Crippen molar-refractivity contribution in [3.8, 4) is 0 Å². The molecular formula is C14H19N5O6. The number of ether oxygens (including phenoxy) is 2. The van der Waals surface area contributed by atoms with E-state index in [1.54, 1.807) is 0 Å². The quantitative estimate of drug-likeness (QED) is 0.234. The minimum atomic E-state index is -1.73. The van der Waals surface area contributed by atoms with Crippen molar-refractivity contribution in [2.75, 3.05) is 19.2 Å². The molecule has 1 fully saturated rings. The minimum absolute atomic E-state index is 0.0393. The molecule has 2 aromatic rings. The Hall–Kier alpha value is -2.31. The number of nitrogens with one attached hydrogen (secondary N) is 2. The first-order valence-electron chi connectivity index (χ1n) is 7.42. The first kappa shape index (κ1) is 17.5. The third-order valence-electron chi connectivity index (χ3n) is 4.35. The fourth-order valence-corrected chi connectivity index (χ4v) is 3.02. The van der Waals surface area contributed by atoms with E-state index < -0.39 is 30.6 Å². The van der Waals surface area contributed by atoms with Crippen LogP contribution in [0.2, 0.25) is 0 Å². The molecule has 3 heterocycles. The number of aliphatic hydroxyl groups excluding tert-OH is 2. The lowest BCUT2D eigenvalue weighted by molar-refractivity contribution is -0.0948. The molecule has 4 atom stereocenters. The lowest BCUT2D eigenvalue weighted by atomic mass is 9.96. The molecule has 0 aromatic carbocycles. The van der Waals surface area contributed by atoms with E-state index in [1.807, 2.05) is 5.48 Å². The van der Waals surface area contributed by atoms with E-state index in [1.165, 1.54) is 31.1 Å². The molecule has 11 heteroatoms. The summed E-state index contributed by atoms with van der Waals surface area (Å²) in [4.78, 5) is 8.02. The lowest BCUT2D eigenvalue weighted by Gasteiger charge is -2.27. The summed E-state index contributed by atoms with van der Waals surface area (Å²) < 4.78 is 11.9. The first-order valence-corrected chi connectivity index (χ1v) is 7.42. The maximum atomic E-state index is 10.7. The van der Waals surface area contributed by atoms with Crippen molar-refractivity contribution in [1.29, 1.82) is 5.41 Å². The summed E-state index contributed by atoms with van der Waals surface area (Å²) in [5.74, 6) is -0.176. The van der Waals surface area contributed by atoms with E-state index in [0.29, 0.717) is 0 Å². The molecule has 0 bridgehead atoms. The van der Waals surface area contributed by atoms with Crippen LogP contribution in [-0.4, -0.2) is 72.5 Å². The van der Waals surface area contributed by atoms with Crippen molar-refractivity contribution < 1.29 is 30.0 Å². The summed E-state index contributed by atoms with van der Waals surface area (Å²) in [6, 6.07) is 0.